The maximum absolute atomic E-state index is 13.7. The summed E-state index contributed by atoms with van der Waals surface area (Å²) in [5.41, 5.74) is 1.39. The summed E-state index contributed by atoms with van der Waals surface area (Å²) in [6, 6.07) is 11.0. The molecule has 5 nitrogen and oxygen atoms in total. The van der Waals surface area contributed by atoms with Gasteiger partial charge >= 0.3 is 0 Å². The van der Waals surface area contributed by atoms with Crippen LogP contribution >= 0.6 is 15.9 Å². The average Bonchev–Trinajstić information content (AvgIpc) is 2.53. The van der Waals surface area contributed by atoms with Crippen molar-refractivity contribution in [3.8, 4) is 0 Å². The third-order valence-corrected chi connectivity index (χ3v) is 5.15. The Morgan fingerprint density at radius 2 is 1.75 bits per heavy atom. The van der Waals surface area contributed by atoms with E-state index >= 15 is 0 Å². The first-order valence-corrected chi connectivity index (χ1v) is 9.47. The molecule has 0 saturated heterocycles. The van der Waals surface area contributed by atoms with E-state index in [9.17, 15) is 17.6 Å². The minimum atomic E-state index is -3.32. The van der Waals surface area contributed by atoms with Gasteiger partial charge in [0.1, 0.15) is 5.82 Å². The number of hydrogen-bond acceptors (Lipinski definition) is 3. The van der Waals surface area contributed by atoms with E-state index in [1.807, 2.05) is 0 Å². The molecule has 2 N–H and O–H groups in total. The number of hydrogen-bond donors (Lipinski definition) is 2. The lowest BCUT2D eigenvalue weighted by molar-refractivity contribution is 0.0947. The van der Waals surface area contributed by atoms with Gasteiger partial charge in [0.2, 0.25) is 10.0 Å². The zero-order valence-corrected chi connectivity index (χ0v) is 15.2. The van der Waals surface area contributed by atoms with Gasteiger partial charge in [0.25, 0.3) is 5.91 Å². The highest BCUT2D eigenvalue weighted by Gasteiger charge is 2.12. The second-order valence-corrected chi connectivity index (χ2v) is 7.93. The van der Waals surface area contributed by atoms with Crippen molar-refractivity contribution in [2.24, 2.45) is 0 Å². The first-order chi connectivity index (χ1) is 11.3. The van der Waals surface area contributed by atoms with Crippen LogP contribution < -0.4 is 10.0 Å². The summed E-state index contributed by atoms with van der Waals surface area (Å²) in [6.45, 7) is 0.216. The molecule has 128 valence electrons. The van der Waals surface area contributed by atoms with E-state index in [-0.39, 0.29) is 17.9 Å². The quantitative estimate of drug-likeness (QED) is 0.762. The van der Waals surface area contributed by atoms with Gasteiger partial charge in [-0.1, -0.05) is 40.2 Å². The standard InChI is InChI=1S/C16H16BrFN2O3S/c1-19-24(22,23)10-12-4-2-11(3-5-12)9-20-16(21)14-7-6-13(17)8-15(14)18/h2-8,19H,9-10H2,1H3,(H,20,21). The third kappa shape index (κ3) is 5.12. The molecule has 0 aliphatic carbocycles. The van der Waals surface area contributed by atoms with Gasteiger partial charge < -0.3 is 5.32 Å². The molecule has 0 unspecified atom stereocenters. The van der Waals surface area contributed by atoms with Crippen molar-refractivity contribution in [1.82, 2.24) is 10.0 Å². The van der Waals surface area contributed by atoms with E-state index in [2.05, 4.69) is 26.0 Å². The summed E-state index contributed by atoms with van der Waals surface area (Å²) in [7, 11) is -1.96. The normalized spacial score (nSPS) is 11.3. The topological polar surface area (TPSA) is 75.3 Å². The second kappa shape index (κ2) is 7.87. The van der Waals surface area contributed by atoms with Gasteiger partial charge in [-0.05, 0) is 36.4 Å². The predicted molar refractivity (Wildman–Crippen MR) is 93.4 cm³/mol. The summed E-state index contributed by atoms with van der Waals surface area (Å²) in [5.74, 6) is -1.23. The van der Waals surface area contributed by atoms with E-state index < -0.39 is 21.7 Å². The van der Waals surface area contributed by atoms with Crippen LogP contribution in [0.25, 0.3) is 0 Å². The molecule has 1 amide bonds. The molecule has 0 aliphatic heterocycles. The average molecular weight is 415 g/mol. The zero-order chi connectivity index (χ0) is 17.7. The van der Waals surface area contributed by atoms with E-state index in [0.29, 0.717) is 10.0 Å². The molecule has 0 bridgehead atoms. The van der Waals surface area contributed by atoms with Crippen molar-refractivity contribution in [2.45, 2.75) is 12.3 Å². The highest BCUT2D eigenvalue weighted by molar-refractivity contribution is 9.10. The van der Waals surface area contributed by atoms with Crippen LogP contribution in [0.4, 0.5) is 4.39 Å². The Labute approximate surface area is 148 Å². The SMILES string of the molecule is CNS(=O)(=O)Cc1ccc(CNC(=O)c2ccc(Br)cc2F)cc1. The molecule has 8 heteroatoms. The number of halogens is 2. The van der Waals surface area contributed by atoms with Gasteiger partial charge in [-0.15, -0.1) is 0 Å². The van der Waals surface area contributed by atoms with Crippen molar-refractivity contribution in [3.05, 3.63) is 69.4 Å². The van der Waals surface area contributed by atoms with Gasteiger partial charge in [-0.2, -0.15) is 0 Å². The largest absolute Gasteiger partial charge is 0.348 e. The van der Waals surface area contributed by atoms with Crippen molar-refractivity contribution >= 4 is 31.9 Å². The molecule has 24 heavy (non-hydrogen) atoms. The van der Waals surface area contributed by atoms with E-state index in [1.165, 1.54) is 19.2 Å². The fourth-order valence-corrected chi connectivity index (χ4v) is 3.10. The number of carbonyl (C=O) groups excluding carboxylic acids is 1. The zero-order valence-electron chi connectivity index (χ0n) is 12.8. The summed E-state index contributed by atoms with van der Waals surface area (Å²) in [6.07, 6.45) is 0. The second-order valence-electron chi connectivity index (χ2n) is 5.09. The molecule has 0 aliphatic rings. The summed E-state index contributed by atoms with van der Waals surface area (Å²) in [4.78, 5) is 12.0. The van der Waals surface area contributed by atoms with Crippen LogP contribution in [0.3, 0.4) is 0 Å². The number of carbonyl (C=O) groups is 1. The van der Waals surface area contributed by atoms with Crippen molar-refractivity contribution in [2.75, 3.05) is 7.05 Å². The van der Waals surface area contributed by atoms with Gasteiger partial charge in [0.15, 0.2) is 0 Å². The lowest BCUT2D eigenvalue weighted by Crippen LogP contribution is -2.24. The number of amides is 1. The fraction of sp³-hybridized carbons (Fsp3) is 0.188. The molecule has 0 aromatic heterocycles. The van der Waals surface area contributed by atoms with Crippen molar-refractivity contribution in [1.29, 1.82) is 0 Å². The molecule has 2 aromatic carbocycles. The van der Waals surface area contributed by atoms with Gasteiger partial charge in [0.05, 0.1) is 11.3 Å². The summed E-state index contributed by atoms with van der Waals surface area (Å²) in [5, 5.41) is 2.63. The molecule has 2 aromatic rings. The Hall–Kier alpha value is -1.77. The van der Waals surface area contributed by atoms with Crippen LogP contribution in [0.5, 0.6) is 0 Å². The van der Waals surface area contributed by atoms with Gasteiger partial charge in [-0.3, -0.25) is 4.79 Å². The Kier molecular flexibility index (Phi) is 6.09. The van der Waals surface area contributed by atoms with Crippen LogP contribution in [-0.2, 0) is 22.3 Å². The van der Waals surface area contributed by atoms with Gasteiger partial charge in [-0.25, -0.2) is 17.5 Å². The lowest BCUT2D eigenvalue weighted by atomic mass is 10.1. The highest BCUT2D eigenvalue weighted by Crippen LogP contribution is 2.15. The molecule has 0 fully saturated rings. The Morgan fingerprint density at radius 3 is 2.33 bits per heavy atom. The molecular formula is C16H16BrFN2O3S. The maximum Gasteiger partial charge on any atom is 0.254 e. The molecule has 0 atom stereocenters. The van der Waals surface area contributed by atoms with E-state index in [1.54, 1.807) is 30.3 Å². The van der Waals surface area contributed by atoms with Crippen LogP contribution in [0.2, 0.25) is 0 Å². The van der Waals surface area contributed by atoms with E-state index in [0.717, 1.165) is 5.56 Å². The maximum atomic E-state index is 13.7. The summed E-state index contributed by atoms with van der Waals surface area (Å²) >= 11 is 3.13. The highest BCUT2D eigenvalue weighted by atomic mass is 79.9. The van der Waals surface area contributed by atoms with Crippen LogP contribution in [-0.4, -0.2) is 21.4 Å². The summed E-state index contributed by atoms with van der Waals surface area (Å²) < 4.78 is 39.5. The number of benzene rings is 2. The number of nitrogens with one attached hydrogen (secondary N) is 2. The Balaban J connectivity index is 1.98. The Bertz CT molecular complexity index is 839. The smallest absolute Gasteiger partial charge is 0.254 e. The Morgan fingerprint density at radius 1 is 1.12 bits per heavy atom. The lowest BCUT2D eigenvalue weighted by Gasteiger charge is -2.08. The van der Waals surface area contributed by atoms with Crippen molar-refractivity contribution in [3.63, 3.8) is 0 Å². The molecule has 2 rings (SSSR count). The monoisotopic (exact) mass is 414 g/mol. The first-order valence-electron chi connectivity index (χ1n) is 7.03. The predicted octanol–water partition coefficient (Wildman–Crippen LogP) is 2.57. The number of sulfonamides is 1. The molecule has 0 saturated carbocycles. The first kappa shape index (κ1) is 18.6. The van der Waals surface area contributed by atoms with E-state index in [4.69, 9.17) is 0 Å². The molecule has 0 heterocycles. The van der Waals surface area contributed by atoms with Crippen LogP contribution in [0.1, 0.15) is 21.5 Å². The van der Waals surface area contributed by atoms with Crippen molar-refractivity contribution < 1.29 is 17.6 Å². The molecule has 0 radical (unpaired) electrons. The fourth-order valence-electron chi connectivity index (χ4n) is 2.00. The minimum Gasteiger partial charge on any atom is -0.348 e. The molecular weight excluding hydrogens is 399 g/mol. The number of rotatable bonds is 6. The van der Waals surface area contributed by atoms with Crippen LogP contribution in [0, 0.1) is 5.82 Å². The minimum absolute atomic E-state index is 0.0325. The van der Waals surface area contributed by atoms with Gasteiger partial charge in [0, 0.05) is 11.0 Å². The third-order valence-electron chi connectivity index (χ3n) is 3.32. The molecule has 0 spiro atoms. The van der Waals surface area contributed by atoms with Crippen LogP contribution in [0.15, 0.2) is 46.9 Å².